The van der Waals surface area contributed by atoms with Crippen LogP contribution in [0.5, 0.6) is 0 Å². The summed E-state index contributed by atoms with van der Waals surface area (Å²) in [6.07, 6.45) is 3.75. The van der Waals surface area contributed by atoms with Crippen molar-refractivity contribution in [2.24, 2.45) is 15.7 Å². The standard InChI is InChI=1S/C24H28ClFN4O4/c1-15-8-9-16-6-5-7-19(22(16)28-15)29-33-13-24(2,3)14-34-30-20(11-21(31)32-4)23-18(26)10-17(25)12-27-23/h8-10,12H,5-7,11,13-14H2,1-4H3. The number of hydrogen-bond acceptors (Lipinski definition) is 8. The maximum absolute atomic E-state index is 14.3. The maximum Gasteiger partial charge on any atom is 0.311 e. The van der Waals surface area contributed by atoms with Crippen LogP contribution >= 0.6 is 11.6 Å². The summed E-state index contributed by atoms with van der Waals surface area (Å²) in [6.45, 7) is 6.18. The molecule has 10 heteroatoms. The SMILES string of the molecule is COC(=O)CC(=NOCC(C)(C)CON=C1CCCc2ccc(C)nc21)c1ncc(Cl)cc1F. The van der Waals surface area contributed by atoms with Crippen molar-refractivity contribution in [3.63, 3.8) is 0 Å². The third-order valence-electron chi connectivity index (χ3n) is 5.13. The summed E-state index contributed by atoms with van der Waals surface area (Å²) in [5.74, 6) is -1.32. The lowest BCUT2D eigenvalue weighted by Crippen LogP contribution is -2.25. The smallest absolute Gasteiger partial charge is 0.311 e. The average molecular weight is 491 g/mol. The summed E-state index contributed by atoms with van der Waals surface area (Å²) in [7, 11) is 1.23. The van der Waals surface area contributed by atoms with Gasteiger partial charge in [0.15, 0.2) is 5.82 Å². The summed E-state index contributed by atoms with van der Waals surface area (Å²) in [6, 6.07) is 5.18. The molecule has 34 heavy (non-hydrogen) atoms. The number of ether oxygens (including phenoxy) is 1. The highest BCUT2D eigenvalue weighted by Gasteiger charge is 2.23. The van der Waals surface area contributed by atoms with Gasteiger partial charge >= 0.3 is 5.97 Å². The lowest BCUT2D eigenvalue weighted by Gasteiger charge is -2.22. The molecular formula is C24H28ClFN4O4. The number of carbonyl (C=O) groups is 1. The van der Waals surface area contributed by atoms with Gasteiger partial charge in [-0.3, -0.25) is 14.8 Å². The Kier molecular flexibility index (Phi) is 8.55. The first-order valence-corrected chi connectivity index (χ1v) is 11.3. The minimum atomic E-state index is -0.714. The minimum absolute atomic E-state index is 0.00163. The number of pyridine rings is 2. The molecule has 0 saturated heterocycles. The van der Waals surface area contributed by atoms with E-state index in [1.54, 1.807) is 0 Å². The molecule has 0 amide bonds. The predicted molar refractivity (Wildman–Crippen MR) is 127 cm³/mol. The maximum atomic E-state index is 14.3. The Labute approximate surface area is 203 Å². The summed E-state index contributed by atoms with van der Waals surface area (Å²) in [4.78, 5) is 31.4. The average Bonchev–Trinajstić information content (AvgIpc) is 2.78. The molecule has 1 aliphatic rings. The van der Waals surface area contributed by atoms with Gasteiger partial charge in [-0.2, -0.15) is 0 Å². The minimum Gasteiger partial charge on any atom is -0.469 e. The fourth-order valence-corrected chi connectivity index (χ4v) is 3.44. The number of aromatic nitrogens is 2. The molecule has 182 valence electrons. The monoisotopic (exact) mass is 490 g/mol. The lowest BCUT2D eigenvalue weighted by atomic mass is 9.94. The molecule has 0 saturated carbocycles. The Morgan fingerprint density at radius 2 is 2.00 bits per heavy atom. The quantitative estimate of drug-likeness (QED) is 0.288. The van der Waals surface area contributed by atoms with E-state index < -0.39 is 17.2 Å². The molecule has 2 aromatic heterocycles. The van der Waals surface area contributed by atoms with Crippen LogP contribution in [0.2, 0.25) is 5.02 Å². The molecule has 0 N–H and O–H groups in total. The molecule has 2 heterocycles. The Hall–Kier alpha value is -3.07. The molecule has 0 fully saturated rings. The van der Waals surface area contributed by atoms with Gasteiger partial charge in [-0.05, 0) is 43.9 Å². The molecule has 0 unspecified atom stereocenters. The third kappa shape index (κ3) is 6.96. The van der Waals surface area contributed by atoms with Crippen LogP contribution in [0.4, 0.5) is 4.39 Å². The van der Waals surface area contributed by atoms with Crippen LogP contribution in [0.15, 0.2) is 34.7 Å². The molecule has 0 spiro atoms. The second-order valence-corrected chi connectivity index (χ2v) is 9.27. The van der Waals surface area contributed by atoms with Gasteiger partial charge in [0.05, 0.1) is 24.2 Å². The van der Waals surface area contributed by atoms with Gasteiger partial charge in [-0.25, -0.2) is 4.39 Å². The topological polar surface area (TPSA) is 95.3 Å². The number of oxime groups is 2. The molecule has 3 rings (SSSR count). The van der Waals surface area contributed by atoms with E-state index in [0.717, 1.165) is 42.4 Å². The molecule has 0 bridgehead atoms. The van der Waals surface area contributed by atoms with Crippen molar-refractivity contribution in [3.8, 4) is 0 Å². The zero-order chi connectivity index (χ0) is 24.7. The van der Waals surface area contributed by atoms with Crippen molar-refractivity contribution >= 4 is 29.0 Å². The summed E-state index contributed by atoms with van der Waals surface area (Å²) < 4.78 is 19.0. The highest BCUT2D eigenvalue weighted by Crippen LogP contribution is 2.22. The van der Waals surface area contributed by atoms with Gasteiger partial charge in [0.2, 0.25) is 0 Å². The van der Waals surface area contributed by atoms with Crippen LogP contribution in [0, 0.1) is 18.2 Å². The van der Waals surface area contributed by atoms with Crippen LogP contribution in [0.3, 0.4) is 0 Å². The molecule has 0 aliphatic heterocycles. The number of fused-ring (bicyclic) bond motifs is 1. The van der Waals surface area contributed by atoms with E-state index in [2.05, 4.69) is 31.1 Å². The lowest BCUT2D eigenvalue weighted by molar-refractivity contribution is -0.139. The van der Waals surface area contributed by atoms with Gasteiger partial charge in [0.25, 0.3) is 0 Å². The van der Waals surface area contributed by atoms with Crippen molar-refractivity contribution < 1.29 is 23.6 Å². The van der Waals surface area contributed by atoms with Gasteiger partial charge in [0, 0.05) is 17.3 Å². The van der Waals surface area contributed by atoms with Crippen LogP contribution in [-0.4, -0.2) is 47.7 Å². The van der Waals surface area contributed by atoms with E-state index in [9.17, 15) is 9.18 Å². The van der Waals surface area contributed by atoms with Gasteiger partial charge in [0.1, 0.15) is 30.3 Å². The Balaban J connectivity index is 1.64. The summed E-state index contributed by atoms with van der Waals surface area (Å²) >= 11 is 5.77. The Morgan fingerprint density at radius 1 is 1.24 bits per heavy atom. The molecular weight excluding hydrogens is 463 g/mol. The number of carbonyl (C=O) groups excluding carboxylic acids is 1. The normalized spacial score (nSPS) is 15.1. The molecule has 0 aromatic carbocycles. The molecule has 8 nitrogen and oxygen atoms in total. The van der Waals surface area contributed by atoms with Gasteiger partial charge in [-0.15, -0.1) is 0 Å². The number of nitrogens with zero attached hydrogens (tertiary/aromatic N) is 4. The molecule has 2 aromatic rings. The van der Waals surface area contributed by atoms with E-state index in [4.69, 9.17) is 21.3 Å². The largest absolute Gasteiger partial charge is 0.469 e. The fraction of sp³-hybridized carbons (Fsp3) is 0.458. The second kappa shape index (κ2) is 11.4. The van der Waals surface area contributed by atoms with Crippen LogP contribution in [0.25, 0.3) is 0 Å². The number of hydrogen-bond donors (Lipinski definition) is 0. The van der Waals surface area contributed by atoms with Crippen molar-refractivity contribution in [1.29, 1.82) is 0 Å². The van der Waals surface area contributed by atoms with Crippen LogP contribution < -0.4 is 0 Å². The van der Waals surface area contributed by atoms with Crippen LogP contribution in [-0.2, 0) is 25.6 Å². The number of rotatable bonds is 9. The first kappa shape index (κ1) is 25.6. The summed E-state index contributed by atoms with van der Waals surface area (Å²) in [5.41, 5.74) is 3.24. The van der Waals surface area contributed by atoms with E-state index in [1.807, 2.05) is 26.8 Å². The van der Waals surface area contributed by atoms with Crippen molar-refractivity contribution in [3.05, 3.63) is 57.9 Å². The number of halogens is 2. The van der Waals surface area contributed by atoms with Crippen molar-refractivity contribution in [2.75, 3.05) is 20.3 Å². The first-order valence-electron chi connectivity index (χ1n) is 10.9. The number of aryl methyl sites for hydroxylation is 2. The highest BCUT2D eigenvalue weighted by atomic mass is 35.5. The van der Waals surface area contributed by atoms with Crippen LogP contribution in [0.1, 0.15) is 55.8 Å². The molecule has 0 atom stereocenters. The van der Waals surface area contributed by atoms with Gasteiger partial charge < -0.3 is 14.4 Å². The van der Waals surface area contributed by atoms with Crippen molar-refractivity contribution in [2.45, 2.75) is 46.5 Å². The second-order valence-electron chi connectivity index (χ2n) is 8.84. The first-order chi connectivity index (χ1) is 16.2. The zero-order valence-corrected chi connectivity index (χ0v) is 20.5. The summed E-state index contributed by atoms with van der Waals surface area (Å²) in [5, 5.41) is 8.44. The van der Waals surface area contributed by atoms with Crippen molar-refractivity contribution in [1.82, 2.24) is 9.97 Å². The Morgan fingerprint density at radius 3 is 2.74 bits per heavy atom. The van der Waals surface area contributed by atoms with Gasteiger partial charge in [-0.1, -0.05) is 41.8 Å². The molecule has 1 aliphatic carbocycles. The fourth-order valence-electron chi connectivity index (χ4n) is 3.30. The van der Waals surface area contributed by atoms with E-state index >= 15 is 0 Å². The highest BCUT2D eigenvalue weighted by molar-refractivity contribution is 6.30. The van der Waals surface area contributed by atoms with E-state index in [1.165, 1.54) is 18.9 Å². The predicted octanol–water partition coefficient (Wildman–Crippen LogP) is 4.64. The third-order valence-corrected chi connectivity index (χ3v) is 5.34. The number of methoxy groups -OCH3 is 1. The Bertz CT molecular complexity index is 1100. The van der Waals surface area contributed by atoms with E-state index in [0.29, 0.717) is 0 Å². The number of esters is 1. The zero-order valence-electron chi connectivity index (χ0n) is 19.7. The molecule has 0 radical (unpaired) electrons. The van der Waals surface area contributed by atoms with E-state index in [-0.39, 0.29) is 36.1 Å².